The molecule has 3 heteroatoms. The topological polar surface area (TPSA) is 40.3 Å². The minimum Gasteiger partial charge on any atom is -0.480 e. The Kier molecular flexibility index (Phi) is 4.78. The summed E-state index contributed by atoms with van der Waals surface area (Å²) in [4.78, 5) is 14.4. The Bertz CT molecular complexity index is 841. The van der Waals surface area contributed by atoms with Crippen molar-refractivity contribution in [3.05, 3.63) is 108 Å². The van der Waals surface area contributed by atoms with Crippen molar-refractivity contribution in [2.24, 2.45) is 5.92 Å². The van der Waals surface area contributed by atoms with Crippen molar-refractivity contribution in [1.82, 2.24) is 4.90 Å². The molecule has 0 aromatic heterocycles. The Labute approximate surface area is 166 Å². The van der Waals surface area contributed by atoms with Crippen molar-refractivity contribution in [3.63, 3.8) is 0 Å². The molecule has 1 heterocycles. The van der Waals surface area contributed by atoms with E-state index in [0.717, 1.165) is 16.7 Å². The molecule has 0 amide bonds. The highest BCUT2D eigenvalue weighted by molar-refractivity contribution is 5.79. The summed E-state index contributed by atoms with van der Waals surface area (Å²) in [6.45, 7) is 4.21. The number of carboxylic acids is 1. The van der Waals surface area contributed by atoms with E-state index in [1.807, 2.05) is 54.6 Å². The van der Waals surface area contributed by atoms with Gasteiger partial charge in [0.1, 0.15) is 6.04 Å². The second-order valence-corrected chi connectivity index (χ2v) is 7.73. The van der Waals surface area contributed by atoms with Crippen LogP contribution in [0.15, 0.2) is 91.0 Å². The van der Waals surface area contributed by atoms with Crippen molar-refractivity contribution in [3.8, 4) is 0 Å². The van der Waals surface area contributed by atoms with Crippen LogP contribution in [-0.4, -0.2) is 28.1 Å². The second-order valence-electron chi connectivity index (χ2n) is 7.73. The van der Waals surface area contributed by atoms with Gasteiger partial charge in [0.25, 0.3) is 0 Å². The van der Waals surface area contributed by atoms with E-state index in [-0.39, 0.29) is 12.0 Å². The first kappa shape index (κ1) is 18.5. The van der Waals surface area contributed by atoms with Crippen molar-refractivity contribution < 1.29 is 9.90 Å². The zero-order chi connectivity index (χ0) is 19.7. The Morgan fingerprint density at radius 3 is 1.39 bits per heavy atom. The summed E-state index contributed by atoms with van der Waals surface area (Å²) in [6, 6.07) is 30.3. The van der Waals surface area contributed by atoms with Crippen LogP contribution in [0, 0.1) is 5.92 Å². The molecule has 3 aromatic carbocycles. The van der Waals surface area contributed by atoms with Gasteiger partial charge in [-0.25, -0.2) is 0 Å². The molecule has 0 radical (unpaired) electrons. The Balaban J connectivity index is 2.04. The predicted molar refractivity (Wildman–Crippen MR) is 111 cm³/mol. The molecule has 3 unspecified atom stereocenters. The lowest BCUT2D eigenvalue weighted by Gasteiger charge is -2.39. The van der Waals surface area contributed by atoms with E-state index >= 15 is 0 Å². The van der Waals surface area contributed by atoms with Crippen LogP contribution in [0.1, 0.15) is 30.5 Å². The van der Waals surface area contributed by atoms with Gasteiger partial charge in [-0.3, -0.25) is 9.69 Å². The van der Waals surface area contributed by atoms with E-state index in [1.54, 1.807) is 0 Å². The van der Waals surface area contributed by atoms with Gasteiger partial charge in [-0.05, 0) is 22.6 Å². The first-order chi connectivity index (χ1) is 13.6. The van der Waals surface area contributed by atoms with Gasteiger partial charge in [-0.1, -0.05) is 105 Å². The number of rotatable bonds is 6. The minimum absolute atomic E-state index is 0.0295. The molecular formula is C25H25NO2. The molecule has 0 saturated carbocycles. The van der Waals surface area contributed by atoms with Gasteiger partial charge in [0.05, 0.1) is 5.54 Å². The smallest absolute Gasteiger partial charge is 0.322 e. The average molecular weight is 371 g/mol. The van der Waals surface area contributed by atoms with E-state index in [2.05, 4.69) is 55.1 Å². The van der Waals surface area contributed by atoms with E-state index in [0.29, 0.717) is 0 Å². The van der Waals surface area contributed by atoms with E-state index < -0.39 is 17.6 Å². The first-order valence-electron chi connectivity index (χ1n) is 9.76. The maximum Gasteiger partial charge on any atom is 0.322 e. The summed E-state index contributed by atoms with van der Waals surface area (Å²) < 4.78 is 0. The molecule has 28 heavy (non-hydrogen) atoms. The summed E-state index contributed by atoms with van der Waals surface area (Å²) in [6.07, 6.45) is 0. The van der Waals surface area contributed by atoms with Crippen LogP contribution in [0.5, 0.6) is 0 Å². The van der Waals surface area contributed by atoms with Crippen LogP contribution in [0.4, 0.5) is 0 Å². The van der Waals surface area contributed by atoms with Crippen molar-refractivity contribution in [2.45, 2.75) is 31.5 Å². The molecule has 0 aliphatic carbocycles. The van der Waals surface area contributed by atoms with Crippen molar-refractivity contribution >= 4 is 5.97 Å². The van der Waals surface area contributed by atoms with Crippen molar-refractivity contribution in [2.75, 3.05) is 0 Å². The number of carboxylic acid groups (broad SMARTS) is 1. The molecule has 142 valence electrons. The molecule has 0 spiro atoms. The van der Waals surface area contributed by atoms with Gasteiger partial charge >= 0.3 is 5.97 Å². The fraction of sp³-hybridized carbons (Fsp3) is 0.240. The number of carbonyl (C=O) groups is 1. The highest BCUT2D eigenvalue weighted by Gasteiger charge is 2.64. The minimum atomic E-state index is -0.758. The molecule has 4 rings (SSSR count). The number of hydrogen-bond acceptors (Lipinski definition) is 2. The SMILES string of the molecule is CC(C)C1C(C(=O)O)N1C(c1ccccc1)(c1ccccc1)c1ccccc1. The van der Waals surface area contributed by atoms with Gasteiger partial charge in [-0.2, -0.15) is 0 Å². The summed E-state index contributed by atoms with van der Waals surface area (Å²) >= 11 is 0. The lowest BCUT2D eigenvalue weighted by molar-refractivity contribution is -0.137. The normalized spacial score (nSPS) is 21.5. The summed E-state index contributed by atoms with van der Waals surface area (Å²) in [5.41, 5.74) is 2.60. The van der Waals surface area contributed by atoms with Gasteiger partial charge in [0.15, 0.2) is 0 Å². The molecule has 3 atom stereocenters. The fourth-order valence-electron chi connectivity index (χ4n) is 4.62. The van der Waals surface area contributed by atoms with Gasteiger partial charge < -0.3 is 5.11 Å². The Hall–Kier alpha value is -2.91. The largest absolute Gasteiger partial charge is 0.480 e. The molecule has 1 saturated heterocycles. The zero-order valence-corrected chi connectivity index (χ0v) is 16.2. The average Bonchev–Trinajstić information content (AvgIpc) is 3.48. The number of aliphatic carboxylic acids is 1. The summed E-state index contributed by atoms with van der Waals surface area (Å²) in [7, 11) is 0. The van der Waals surface area contributed by atoms with E-state index in [1.165, 1.54) is 0 Å². The van der Waals surface area contributed by atoms with Crippen LogP contribution in [-0.2, 0) is 10.3 Å². The maximum absolute atomic E-state index is 12.2. The highest BCUT2D eigenvalue weighted by Crippen LogP contribution is 2.53. The highest BCUT2D eigenvalue weighted by atomic mass is 16.4. The molecule has 3 nitrogen and oxygen atoms in total. The predicted octanol–water partition coefficient (Wildman–Crippen LogP) is 4.77. The number of benzene rings is 3. The van der Waals surface area contributed by atoms with E-state index in [9.17, 15) is 9.90 Å². The van der Waals surface area contributed by atoms with Crippen LogP contribution >= 0.6 is 0 Å². The number of hydrogen-bond donors (Lipinski definition) is 1. The van der Waals surface area contributed by atoms with Gasteiger partial charge in [0.2, 0.25) is 0 Å². The quantitative estimate of drug-likeness (QED) is 0.501. The monoisotopic (exact) mass is 371 g/mol. The maximum atomic E-state index is 12.2. The fourth-order valence-corrected chi connectivity index (χ4v) is 4.62. The van der Waals surface area contributed by atoms with Gasteiger partial charge in [-0.15, -0.1) is 0 Å². The zero-order valence-electron chi connectivity index (χ0n) is 16.2. The Morgan fingerprint density at radius 1 is 0.786 bits per heavy atom. The first-order valence-corrected chi connectivity index (χ1v) is 9.76. The van der Waals surface area contributed by atoms with Gasteiger partial charge in [0, 0.05) is 6.04 Å². The number of nitrogens with zero attached hydrogens (tertiary/aromatic N) is 1. The van der Waals surface area contributed by atoms with Crippen molar-refractivity contribution in [1.29, 1.82) is 0 Å². The molecular weight excluding hydrogens is 346 g/mol. The van der Waals surface area contributed by atoms with Crippen LogP contribution < -0.4 is 0 Å². The molecule has 1 aliphatic rings. The standard InChI is InChI=1S/C25H25NO2/c1-18(2)22-23(24(27)28)26(22)25(19-12-6-3-7-13-19,20-14-8-4-9-15-20)21-16-10-5-11-17-21/h3-18,22-23H,1-2H3,(H,27,28). The van der Waals surface area contributed by atoms with Crippen LogP contribution in [0.2, 0.25) is 0 Å². The third-order valence-electron chi connectivity index (χ3n) is 5.75. The van der Waals surface area contributed by atoms with Crippen LogP contribution in [0.3, 0.4) is 0 Å². The summed E-state index contributed by atoms with van der Waals surface area (Å²) in [5.74, 6) is -0.525. The van der Waals surface area contributed by atoms with Crippen LogP contribution in [0.25, 0.3) is 0 Å². The molecule has 1 N–H and O–H groups in total. The molecule has 3 aromatic rings. The Morgan fingerprint density at radius 2 is 1.14 bits per heavy atom. The molecule has 0 bridgehead atoms. The molecule has 1 aliphatic heterocycles. The third-order valence-corrected chi connectivity index (χ3v) is 5.75. The molecule has 1 fully saturated rings. The third kappa shape index (κ3) is 2.83. The lowest BCUT2D eigenvalue weighted by atomic mass is 9.76. The van der Waals surface area contributed by atoms with E-state index in [4.69, 9.17) is 0 Å². The summed E-state index contributed by atoms with van der Waals surface area (Å²) in [5, 5.41) is 10.0. The lowest BCUT2D eigenvalue weighted by Crippen LogP contribution is -2.41. The second kappa shape index (κ2) is 7.25.